The van der Waals surface area contributed by atoms with Crippen molar-refractivity contribution in [1.82, 2.24) is 10.3 Å². The van der Waals surface area contributed by atoms with Crippen molar-refractivity contribution >= 4 is 0 Å². The highest BCUT2D eigenvalue weighted by atomic mass is 16.5. The third kappa shape index (κ3) is 8.05. The number of nitrogens with zero attached hydrogens (tertiary/aromatic N) is 1. The molecule has 0 bridgehead atoms. The first-order chi connectivity index (χ1) is 9.59. The van der Waals surface area contributed by atoms with Gasteiger partial charge in [-0.3, -0.25) is 0 Å². The molecule has 0 aliphatic rings. The van der Waals surface area contributed by atoms with Crippen molar-refractivity contribution in [3.63, 3.8) is 0 Å². The monoisotopic (exact) mass is 292 g/mol. The predicted octanol–water partition coefficient (Wildman–Crippen LogP) is 4.35. The smallest absolute Gasteiger partial charge is 0.213 e. The van der Waals surface area contributed by atoms with Crippen molar-refractivity contribution in [3.05, 3.63) is 23.4 Å². The summed E-state index contributed by atoms with van der Waals surface area (Å²) < 4.78 is 5.86. The molecular weight excluding hydrogens is 260 g/mol. The molecule has 0 unspecified atom stereocenters. The number of hydrogen-bond acceptors (Lipinski definition) is 3. The zero-order chi connectivity index (χ0) is 16.1. The summed E-state index contributed by atoms with van der Waals surface area (Å²) in [5, 5.41) is 3.51. The standard InChI is InChI=1S/C18H32N2O/c1-8-15-11-14(13-19-18(5,6)7)12-16(20-15)21-10-9-17(2,3)4/h11-12,19H,8-10,13H2,1-7H3. The summed E-state index contributed by atoms with van der Waals surface area (Å²) in [4.78, 5) is 4.57. The average molecular weight is 292 g/mol. The van der Waals surface area contributed by atoms with Crippen molar-refractivity contribution in [2.75, 3.05) is 6.61 Å². The fourth-order valence-electron chi connectivity index (χ4n) is 1.81. The van der Waals surface area contributed by atoms with Crippen LogP contribution in [-0.2, 0) is 13.0 Å². The molecule has 21 heavy (non-hydrogen) atoms. The summed E-state index contributed by atoms with van der Waals surface area (Å²) in [6, 6.07) is 4.22. The van der Waals surface area contributed by atoms with Crippen LogP contribution >= 0.6 is 0 Å². The van der Waals surface area contributed by atoms with E-state index in [-0.39, 0.29) is 5.54 Å². The van der Waals surface area contributed by atoms with Gasteiger partial charge in [-0.1, -0.05) is 27.7 Å². The van der Waals surface area contributed by atoms with Crippen LogP contribution in [0.4, 0.5) is 0 Å². The topological polar surface area (TPSA) is 34.1 Å². The molecule has 3 nitrogen and oxygen atoms in total. The van der Waals surface area contributed by atoms with Gasteiger partial charge in [-0.2, -0.15) is 0 Å². The van der Waals surface area contributed by atoms with E-state index in [1.54, 1.807) is 0 Å². The van der Waals surface area contributed by atoms with Crippen molar-refractivity contribution in [1.29, 1.82) is 0 Å². The largest absolute Gasteiger partial charge is 0.478 e. The van der Waals surface area contributed by atoms with Crippen LogP contribution in [0.25, 0.3) is 0 Å². The van der Waals surface area contributed by atoms with E-state index in [1.807, 2.05) is 0 Å². The lowest BCUT2D eigenvalue weighted by Gasteiger charge is -2.21. The van der Waals surface area contributed by atoms with Crippen molar-refractivity contribution in [2.45, 2.75) is 73.4 Å². The summed E-state index contributed by atoms with van der Waals surface area (Å²) in [7, 11) is 0. The Bertz CT molecular complexity index is 442. The molecule has 1 rings (SSSR count). The van der Waals surface area contributed by atoms with Gasteiger partial charge in [0.2, 0.25) is 5.88 Å². The van der Waals surface area contributed by atoms with E-state index < -0.39 is 0 Å². The van der Waals surface area contributed by atoms with Gasteiger partial charge < -0.3 is 10.1 Å². The highest BCUT2D eigenvalue weighted by Gasteiger charge is 2.12. The molecular formula is C18H32N2O. The Morgan fingerprint density at radius 2 is 1.76 bits per heavy atom. The van der Waals surface area contributed by atoms with Crippen molar-refractivity contribution in [3.8, 4) is 5.88 Å². The van der Waals surface area contributed by atoms with Gasteiger partial charge in [0.25, 0.3) is 0 Å². The molecule has 1 heterocycles. The lowest BCUT2D eigenvalue weighted by atomic mass is 9.93. The molecule has 0 aromatic carbocycles. The Hall–Kier alpha value is -1.09. The first-order valence-corrected chi connectivity index (χ1v) is 7.97. The van der Waals surface area contributed by atoms with Crippen LogP contribution in [0.2, 0.25) is 0 Å². The quantitative estimate of drug-likeness (QED) is 0.846. The van der Waals surface area contributed by atoms with E-state index in [9.17, 15) is 0 Å². The number of rotatable bonds is 6. The molecule has 0 atom stereocenters. The summed E-state index contributed by atoms with van der Waals surface area (Å²) in [5.74, 6) is 0.754. The van der Waals surface area contributed by atoms with E-state index in [0.29, 0.717) is 5.41 Å². The molecule has 0 spiro atoms. The number of pyridine rings is 1. The van der Waals surface area contributed by atoms with E-state index in [0.717, 1.165) is 37.6 Å². The fraction of sp³-hybridized carbons (Fsp3) is 0.722. The lowest BCUT2D eigenvalue weighted by molar-refractivity contribution is 0.235. The first kappa shape index (κ1) is 18.0. The summed E-state index contributed by atoms with van der Waals surface area (Å²) in [6.07, 6.45) is 1.96. The van der Waals surface area contributed by atoms with Gasteiger partial charge in [-0.05, 0) is 50.7 Å². The van der Waals surface area contributed by atoms with Gasteiger partial charge in [0.05, 0.1) is 6.61 Å². The molecule has 0 radical (unpaired) electrons. The molecule has 1 aromatic heterocycles. The van der Waals surface area contributed by atoms with Crippen LogP contribution < -0.4 is 10.1 Å². The van der Waals surface area contributed by atoms with Gasteiger partial charge in [0.1, 0.15) is 0 Å². The third-order valence-electron chi connectivity index (χ3n) is 3.20. The first-order valence-electron chi connectivity index (χ1n) is 7.97. The highest BCUT2D eigenvalue weighted by Crippen LogP contribution is 2.20. The Kier molecular flexibility index (Phi) is 6.21. The van der Waals surface area contributed by atoms with E-state index in [4.69, 9.17) is 4.74 Å². The molecule has 1 N–H and O–H groups in total. The zero-order valence-electron chi connectivity index (χ0n) is 14.8. The van der Waals surface area contributed by atoms with Gasteiger partial charge in [-0.15, -0.1) is 0 Å². The van der Waals surface area contributed by atoms with E-state index in [1.165, 1.54) is 5.56 Å². The molecule has 0 aliphatic heterocycles. The SMILES string of the molecule is CCc1cc(CNC(C)(C)C)cc(OCCC(C)(C)C)n1. The number of ether oxygens (including phenoxy) is 1. The van der Waals surface area contributed by atoms with Crippen LogP contribution in [0.3, 0.4) is 0 Å². The summed E-state index contributed by atoms with van der Waals surface area (Å²) in [5.41, 5.74) is 2.73. The molecule has 0 aliphatic carbocycles. The maximum absolute atomic E-state index is 5.86. The Balaban J connectivity index is 2.71. The zero-order valence-corrected chi connectivity index (χ0v) is 14.8. The van der Waals surface area contributed by atoms with E-state index in [2.05, 4.69) is 70.9 Å². The summed E-state index contributed by atoms with van der Waals surface area (Å²) in [6.45, 7) is 16.9. The van der Waals surface area contributed by atoms with Crippen LogP contribution in [0.1, 0.15) is 66.1 Å². The second-order valence-corrected chi connectivity index (χ2v) is 7.92. The number of aromatic nitrogens is 1. The fourth-order valence-corrected chi connectivity index (χ4v) is 1.81. The molecule has 0 fully saturated rings. The normalized spacial score (nSPS) is 12.5. The van der Waals surface area contributed by atoms with Crippen LogP contribution in [0, 0.1) is 5.41 Å². The van der Waals surface area contributed by atoms with E-state index >= 15 is 0 Å². The Morgan fingerprint density at radius 3 is 2.29 bits per heavy atom. The lowest BCUT2D eigenvalue weighted by Crippen LogP contribution is -2.35. The molecule has 1 aromatic rings. The number of aryl methyl sites for hydroxylation is 1. The Morgan fingerprint density at radius 1 is 1.10 bits per heavy atom. The maximum atomic E-state index is 5.86. The number of nitrogens with one attached hydrogen (secondary N) is 1. The summed E-state index contributed by atoms with van der Waals surface area (Å²) >= 11 is 0. The number of hydrogen-bond donors (Lipinski definition) is 1. The molecule has 0 amide bonds. The Labute approximate surface area is 130 Å². The van der Waals surface area contributed by atoms with Crippen molar-refractivity contribution in [2.24, 2.45) is 5.41 Å². The minimum atomic E-state index is 0.114. The second-order valence-electron chi connectivity index (χ2n) is 7.92. The van der Waals surface area contributed by atoms with Crippen LogP contribution in [0.5, 0.6) is 5.88 Å². The van der Waals surface area contributed by atoms with Gasteiger partial charge in [0.15, 0.2) is 0 Å². The molecule has 120 valence electrons. The maximum Gasteiger partial charge on any atom is 0.213 e. The second kappa shape index (κ2) is 7.26. The highest BCUT2D eigenvalue weighted by molar-refractivity contribution is 5.25. The minimum absolute atomic E-state index is 0.114. The van der Waals surface area contributed by atoms with Gasteiger partial charge in [-0.25, -0.2) is 4.98 Å². The van der Waals surface area contributed by atoms with Gasteiger partial charge >= 0.3 is 0 Å². The van der Waals surface area contributed by atoms with Crippen molar-refractivity contribution < 1.29 is 4.74 Å². The predicted molar refractivity (Wildman–Crippen MR) is 89.8 cm³/mol. The van der Waals surface area contributed by atoms with Crippen LogP contribution in [-0.4, -0.2) is 17.1 Å². The average Bonchev–Trinajstić information content (AvgIpc) is 2.34. The minimum Gasteiger partial charge on any atom is -0.478 e. The molecule has 3 heteroatoms. The van der Waals surface area contributed by atoms with Gasteiger partial charge in [0, 0.05) is 23.8 Å². The third-order valence-corrected chi connectivity index (χ3v) is 3.20. The molecule has 0 saturated carbocycles. The molecule has 0 saturated heterocycles. The van der Waals surface area contributed by atoms with Crippen LogP contribution in [0.15, 0.2) is 12.1 Å².